The first-order valence-electron chi connectivity index (χ1n) is 9.19. The van der Waals surface area contributed by atoms with Crippen LogP contribution in [0.2, 0.25) is 5.02 Å². The van der Waals surface area contributed by atoms with Crippen molar-refractivity contribution in [2.75, 3.05) is 5.73 Å². The lowest BCUT2D eigenvalue weighted by molar-refractivity contribution is 0.0949. The average molecular weight is 487 g/mol. The van der Waals surface area contributed by atoms with Crippen molar-refractivity contribution in [2.45, 2.75) is 10.6 Å². The largest absolute Gasteiger partial charge is 0.508 e. The number of aromatic hydroxyl groups is 2. The van der Waals surface area contributed by atoms with Crippen LogP contribution in [0, 0.1) is 0 Å². The lowest BCUT2D eigenvalue weighted by atomic mass is 10.2. The molecule has 5 N–H and O–H groups in total. The third kappa shape index (κ3) is 5.05. The first-order chi connectivity index (χ1) is 15.9. The van der Waals surface area contributed by atoms with E-state index in [1.165, 1.54) is 34.8 Å². The van der Waals surface area contributed by atoms with Gasteiger partial charge in [-0.2, -0.15) is 9.78 Å². The second-order valence-corrected chi connectivity index (χ2v) is 7.94. The number of amides is 1. The zero-order chi connectivity index (χ0) is 23.4. The number of phenols is 2. The van der Waals surface area contributed by atoms with Crippen LogP contribution < -0.4 is 11.2 Å². The van der Waals surface area contributed by atoms with Gasteiger partial charge in [0.1, 0.15) is 11.5 Å². The van der Waals surface area contributed by atoms with Gasteiger partial charge in [0.25, 0.3) is 5.91 Å². The van der Waals surface area contributed by atoms with Gasteiger partial charge < -0.3 is 15.9 Å². The molecule has 4 rings (SSSR count). The highest BCUT2D eigenvalue weighted by molar-refractivity contribution is 7.98. The van der Waals surface area contributed by atoms with Gasteiger partial charge in [0, 0.05) is 27.3 Å². The van der Waals surface area contributed by atoms with E-state index in [2.05, 4.69) is 35.8 Å². The molecule has 1 amide bonds. The fourth-order valence-electron chi connectivity index (χ4n) is 2.65. The number of thioether (sulfide) groups is 1. The molecule has 2 aromatic carbocycles. The summed E-state index contributed by atoms with van der Waals surface area (Å²) in [6, 6.07) is 11.1. The Balaban J connectivity index is 1.57. The number of phenolic OH excluding ortho intramolecular Hbond substituents is 2. The van der Waals surface area contributed by atoms with Gasteiger partial charge in [-0.1, -0.05) is 16.8 Å². The van der Waals surface area contributed by atoms with Gasteiger partial charge in [-0.3, -0.25) is 4.79 Å². The maximum atomic E-state index is 12.8. The highest BCUT2D eigenvalue weighted by atomic mass is 35.5. The Bertz CT molecular complexity index is 1320. The number of nitrogens with two attached hydrogens (primary N) is 1. The molecule has 14 heteroatoms. The summed E-state index contributed by atoms with van der Waals surface area (Å²) < 4.78 is 5.90. The number of nitrogens with zero attached hydrogens (tertiary/aromatic N) is 6. The fraction of sp³-hybridized carbons (Fsp3) is 0.0526. The predicted octanol–water partition coefficient (Wildman–Crippen LogP) is 2.35. The van der Waals surface area contributed by atoms with Crippen molar-refractivity contribution in [2.24, 2.45) is 5.10 Å². The minimum Gasteiger partial charge on any atom is -0.508 e. The number of nitrogen functional groups attached to an aromatic ring is 1. The average Bonchev–Trinajstić information content (AvgIpc) is 3.40. The van der Waals surface area contributed by atoms with Crippen molar-refractivity contribution in [3.63, 3.8) is 0 Å². The van der Waals surface area contributed by atoms with E-state index in [0.717, 1.165) is 11.0 Å². The molecule has 2 heterocycles. The third-order valence-electron chi connectivity index (χ3n) is 4.25. The first kappa shape index (κ1) is 22.1. The molecule has 0 aliphatic rings. The topological polar surface area (TPSA) is 178 Å². The molecule has 0 aliphatic carbocycles. The molecule has 0 atom stereocenters. The van der Waals surface area contributed by atoms with E-state index in [0.29, 0.717) is 10.7 Å². The van der Waals surface area contributed by atoms with Crippen molar-refractivity contribution in [1.29, 1.82) is 0 Å². The number of hydrazone groups is 1. The van der Waals surface area contributed by atoms with Crippen LogP contribution in [0.25, 0.3) is 5.82 Å². The van der Waals surface area contributed by atoms with E-state index in [4.69, 9.17) is 17.3 Å². The maximum absolute atomic E-state index is 12.8. The molecule has 0 aliphatic heterocycles. The molecule has 0 radical (unpaired) electrons. The number of aromatic nitrogens is 5. The molecule has 0 spiro atoms. The quantitative estimate of drug-likeness (QED) is 0.172. The van der Waals surface area contributed by atoms with Crippen molar-refractivity contribution in [3.05, 3.63) is 64.4 Å². The van der Waals surface area contributed by atoms with Crippen LogP contribution in [-0.2, 0) is 5.75 Å². The SMILES string of the molecule is Nc1nonc1-n1nnc(C(=O)N/N=C\c2ccc(O)cc2O)c1CSc1ccc(Cl)cc1. The Morgan fingerprint density at radius 2 is 2.03 bits per heavy atom. The Morgan fingerprint density at radius 3 is 2.73 bits per heavy atom. The number of benzene rings is 2. The van der Waals surface area contributed by atoms with E-state index in [-0.39, 0.29) is 40.1 Å². The van der Waals surface area contributed by atoms with Gasteiger partial charge >= 0.3 is 0 Å². The molecule has 0 bridgehead atoms. The van der Waals surface area contributed by atoms with E-state index >= 15 is 0 Å². The van der Waals surface area contributed by atoms with Gasteiger partial charge in [0.05, 0.1) is 11.9 Å². The second kappa shape index (κ2) is 9.58. The minimum absolute atomic E-state index is 0.0223. The predicted molar refractivity (Wildman–Crippen MR) is 119 cm³/mol. The molecule has 0 saturated heterocycles. The maximum Gasteiger partial charge on any atom is 0.293 e. The number of hydrogen-bond donors (Lipinski definition) is 4. The summed E-state index contributed by atoms with van der Waals surface area (Å²) in [5.74, 6) is -0.622. The third-order valence-corrected chi connectivity index (χ3v) is 5.52. The zero-order valence-electron chi connectivity index (χ0n) is 16.6. The number of rotatable bonds is 7. The van der Waals surface area contributed by atoms with Crippen molar-refractivity contribution in [3.8, 4) is 17.3 Å². The summed E-state index contributed by atoms with van der Waals surface area (Å²) in [6.07, 6.45) is 1.22. The summed E-state index contributed by atoms with van der Waals surface area (Å²) in [7, 11) is 0. The van der Waals surface area contributed by atoms with Crippen molar-refractivity contribution in [1.82, 2.24) is 30.7 Å². The molecule has 2 aromatic heterocycles. The van der Waals surface area contributed by atoms with E-state index in [1.54, 1.807) is 12.1 Å². The standard InChI is InChI=1S/C19H15ClN8O4S/c20-11-2-5-13(6-3-11)33-9-14-16(23-27-28(14)18-17(21)25-32-26-18)19(31)24-22-8-10-1-4-12(29)7-15(10)30/h1-8,29-30H,9H2,(H2,21,25)(H,24,31)/b22-8-. The van der Waals surface area contributed by atoms with Crippen LogP contribution in [0.15, 0.2) is 57.1 Å². The van der Waals surface area contributed by atoms with Crippen LogP contribution in [0.3, 0.4) is 0 Å². The van der Waals surface area contributed by atoms with Gasteiger partial charge in [-0.25, -0.2) is 10.1 Å². The summed E-state index contributed by atoms with van der Waals surface area (Å²) in [6.45, 7) is 0. The summed E-state index contributed by atoms with van der Waals surface area (Å²) in [4.78, 5) is 13.7. The number of nitrogens with one attached hydrogen (secondary N) is 1. The Kier molecular flexibility index (Phi) is 6.42. The van der Waals surface area contributed by atoms with Gasteiger partial charge in [-0.05, 0) is 46.7 Å². The van der Waals surface area contributed by atoms with Gasteiger partial charge in [0.2, 0.25) is 11.6 Å². The van der Waals surface area contributed by atoms with E-state index in [1.807, 2.05) is 12.1 Å². The smallest absolute Gasteiger partial charge is 0.293 e. The Hall–Kier alpha value is -4.10. The lowest BCUT2D eigenvalue weighted by Gasteiger charge is -2.06. The molecular formula is C19H15ClN8O4S. The van der Waals surface area contributed by atoms with Crippen LogP contribution in [0.5, 0.6) is 11.5 Å². The van der Waals surface area contributed by atoms with Gasteiger partial charge in [0.15, 0.2) is 5.69 Å². The Labute approximate surface area is 195 Å². The number of carbonyl (C=O) groups excluding carboxylic acids is 1. The van der Waals surface area contributed by atoms with Crippen molar-refractivity contribution < 1.29 is 19.6 Å². The van der Waals surface area contributed by atoms with Crippen LogP contribution in [0.1, 0.15) is 21.7 Å². The summed E-state index contributed by atoms with van der Waals surface area (Å²) in [5, 5.41) is 38.8. The highest BCUT2D eigenvalue weighted by Gasteiger charge is 2.24. The zero-order valence-corrected chi connectivity index (χ0v) is 18.2. The molecule has 33 heavy (non-hydrogen) atoms. The fourth-order valence-corrected chi connectivity index (χ4v) is 3.67. The number of hydrogen-bond acceptors (Lipinski definition) is 11. The summed E-state index contributed by atoms with van der Waals surface area (Å²) in [5.41, 5.74) is 8.75. The number of anilines is 1. The molecule has 4 aromatic rings. The molecule has 0 unspecified atom stereocenters. The first-order valence-corrected chi connectivity index (χ1v) is 10.6. The van der Waals surface area contributed by atoms with Gasteiger partial charge in [-0.15, -0.1) is 16.9 Å². The van der Waals surface area contributed by atoms with Crippen LogP contribution >= 0.6 is 23.4 Å². The van der Waals surface area contributed by atoms with E-state index < -0.39 is 5.91 Å². The van der Waals surface area contributed by atoms with Crippen LogP contribution in [-0.4, -0.2) is 47.6 Å². The number of carbonyl (C=O) groups is 1. The minimum atomic E-state index is -0.655. The summed E-state index contributed by atoms with van der Waals surface area (Å²) >= 11 is 7.34. The molecular weight excluding hydrogens is 472 g/mol. The van der Waals surface area contributed by atoms with Crippen LogP contribution in [0.4, 0.5) is 5.82 Å². The molecule has 0 fully saturated rings. The van der Waals surface area contributed by atoms with Crippen molar-refractivity contribution >= 4 is 41.3 Å². The molecule has 0 saturated carbocycles. The monoisotopic (exact) mass is 486 g/mol. The number of halogens is 1. The molecule has 168 valence electrons. The highest BCUT2D eigenvalue weighted by Crippen LogP contribution is 2.27. The second-order valence-electron chi connectivity index (χ2n) is 6.45. The Morgan fingerprint density at radius 1 is 1.24 bits per heavy atom. The molecule has 12 nitrogen and oxygen atoms in total. The van der Waals surface area contributed by atoms with E-state index in [9.17, 15) is 15.0 Å². The lowest BCUT2D eigenvalue weighted by Crippen LogP contribution is -2.20. The normalized spacial score (nSPS) is 11.2.